The van der Waals surface area contributed by atoms with Gasteiger partial charge in [0.05, 0.1) is 0 Å². The van der Waals surface area contributed by atoms with E-state index in [4.69, 9.17) is 19.4 Å². The van der Waals surface area contributed by atoms with Crippen molar-refractivity contribution < 1.29 is 14.6 Å². The third-order valence-electron chi connectivity index (χ3n) is 4.97. The zero-order valence-electron chi connectivity index (χ0n) is 17.3. The lowest BCUT2D eigenvalue weighted by Gasteiger charge is -2.32. The molecule has 1 aliphatic heterocycles. The molecule has 2 N–H and O–H groups in total. The Bertz CT molecular complexity index is 786. The monoisotopic (exact) mass is 418 g/mol. The molecule has 1 atom stereocenters. The molecule has 158 valence electrons. The number of rotatable bonds is 9. The number of aliphatic hydroxyl groups excluding tert-OH is 1. The molecule has 0 amide bonds. The van der Waals surface area contributed by atoms with E-state index in [0.717, 1.165) is 42.5 Å². The van der Waals surface area contributed by atoms with Crippen molar-refractivity contribution in [3.8, 4) is 17.1 Å². The Kier molecular flexibility index (Phi) is 8.11. The molecule has 29 heavy (non-hydrogen) atoms. The number of nitrogens with zero attached hydrogens (tertiary/aromatic N) is 3. The molecule has 1 saturated heterocycles. The number of benzene rings is 1. The number of anilines is 1. The Morgan fingerprint density at radius 3 is 2.83 bits per heavy atom. The molecule has 0 spiro atoms. The third-order valence-corrected chi connectivity index (χ3v) is 5.60. The van der Waals surface area contributed by atoms with Gasteiger partial charge in [0.1, 0.15) is 29.3 Å². The van der Waals surface area contributed by atoms with Crippen LogP contribution in [0.2, 0.25) is 0 Å². The van der Waals surface area contributed by atoms with Crippen molar-refractivity contribution in [3.63, 3.8) is 0 Å². The van der Waals surface area contributed by atoms with E-state index in [1.165, 1.54) is 0 Å². The molecule has 2 aromatic rings. The van der Waals surface area contributed by atoms with Gasteiger partial charge in [-0.3, -0.25) is 0 Å². The van der Waals surface area contributed by atoms with Crippen LogP contribution >= 0.6 is 11.8 Å². The number of thioether (sulfide) groups is 1. The zero-order chi connectivity index (χ0) is 20.6. The summed E-state index contributed by atoms with van der Waals surface area (Å²) in [7, 11) is 3.89. The minimum absolute atomic E-state index is 0.230. The summed E-state index contributed by atoms with van der Waals surface area (Å²) in [5.74, 6) is 2.28. The molecule has 0 radical (unpaired) electrons. The first kappa shape index (κ1) is 21.8. The van der Waals surface area contributed by atoms with Crippen molar-refractivity contribution in [2.75, 3.05) is 51.6 Å². The first-order chi connectivity index (χ1) is 14.1. The highest BCUT2D eigenvalue weighted by Crippen LogP contribution is 2.28. The van der Waals surface area contributed by atoms with Gasteiger partial charge in [-0.2, -0.15) is 0 Å². The van der Waals surface area contributed by atoms with Crippen molar-refractivity contribution in [1.82, 2.24) is 15.3 Å². The number of nitrogens with one attached hydrogen (secondary N) is 1. The van der Waals surface area contributed by atoms with E-state index >= 15 is 0 Å². The normalized spacial score (nSPS) is 15.9. The summed E-state index contributed by atoms with van der Waals surface area (Å²) in [5, 5.41) is 13.7. The largest absolute Gasteiger partial charge is 0.491 e. The van der Waals surface area contributed by atoms with E-state index in [-0.39, 0.29) is 6.61 Å². The Labute approximate surface area is 176 Å². The average molecular weight is 419 g/mol. The van der Waals surface area contributed by atoms with Crippen molar-refractivity contribution >= 4 is 17.6 Å². The van der Waals surface area contributed by atoms with Crippen LogP contribution in [0.3, 0.4) is 0 Å². The van der Waals surface area contributed by atoms with E-state index in [0.29, 0.717) is 24.2 Å². The fourth-order valence-electron chi connectivity index (χ4n) is 3.30. The Hall–Kier alpha value is -1.87. The topological polar surface area (TPSA) is 79.7 Å². The molecule has 7 nitrogen and oxygen atoms in total. The van der Waals surface area contributed by atoms with E-state index in [1.807, 2.05) is 36.6 Å². The first-order valence-corrected chi connectivity index (χ1v) is 11.1. The van der Waals surface area contributed by atoms with E-state index in [2.05, 4.69) is 17.3 Å². The van der Waals surface area contributed by atoms with Gasteiger partial charge in [-0.1, -0.05) is 12.1 Å². The molecule has 1 unspecified atom stereocenters. The van der Waals surface area contributed by atoms with Gasteiger partial charge in [0.25, 0.3) is 0 Å². The second-order valence-corrected chi connectivity index (χ2v) is 7.92. The molecule has 8 heteroatoms. The number of aromatic nitrogens is 2. The summed E-state index contributed by atoms with van der Waals surface area (Å²) >= 11 is 1.61. The van der Waals surface area contributed by atoms with Crippen LogP contribution in [0.4, 0.5) is 5.82 Å². The minimum atomic E-state index is -0.556. The van der Waals surface area contributed by atoms with Crippen LogP contribution in [0, 0.1) is 0 Å². The maximum Gasteiger partial charge on any atom is 0.162 e. The van der Waals surface area contributed by atoms with Crippen molar-refractivity contribution in [2.45, 2.75) is 30.0 Å². The third kappa shape index (κ3) is 6.05. The van der Waals surface area contributed by atoms with Gasteiger partial charge in [0.15, 0.2) is 5.82 Å². The van der Waals surface area contributed by atoms with E-state index in [1.54, 1.807) is 18.8 Å². The van der Waals surface area contributed by atoms with Gasteiger partial charge in [-0.05, 0) is 38.3 Å². The molecular weight excluding hydrogens is 388 g/mol. The van der Waals surface area contributed by atoms with Crippen LogP contribution in [0.5, 0.6) is 5.75 Å². The van der Waals surface area contributed by atoms with Gasteiger partial charge >= 0.3 is 0 Å². The van der Waals surface area contributed by atoms with Crippen LogP contribution in [0.25, 0.3) is 11.4 Å². The molecule has 1 aromatic carbocycles. The standard InChI is InChI=1S/C21H30N4O3S/c1-22-13-17(26)14-28-18-6-4-5-15(11-18)21-23-19(12-20(24-21)29-3)25(2)16-7-9-27-10-8-16/h4-6,11-12,16-17,22,26H,7-10,13-14H2,1-3H3. The van der Waals surface area contributed by atoms with Crippen LogP contribution in [0.15, 0.2) is 35.4 Å². The lowest BCUT2D eigenvalue weighted by atomic mass is 10.1. The highest BCUT2D eigenvalue weighted by molar-refractivity contribution is 7.98. The summed E-state index contributed by atoms with van der Waals surface area (Å²) in [4.78, 5) is 11.8. The molecule has 0 bridgehead atoms. The zero-order valence-corrected chi connectivity index (χ0v) is 18.1. The SMILES string of the molecule is CNCC(O)COc1cccc(-c2nc(SC)cc(N(C)C3CCOCC3)n2)c1. The molecule has 1 fully saturated rings. The van der Waals surface area contributed by atoms with Crippen LogP contribution < -0.4 is 15.0 Å². The Morgan fingerprint density at radius 2 is 2.10 bits per heavy atom. The summed E-state index contributed by atoms with van der Waals surface area (Å²) in [6.07, 6.45) is 3.47. The molecule has 0 saturated carbocycles. The first-order valence-electron chi connectivity index (χ1n) is 9.90. The second kappa shape index (κ2) is 10.8. The van der Waals surface area contributed by atoms with Crippen molar-refractivity contribution in [1.29, 1.82) is 0 Å². The fraction of sp³-hybridized carbons (Fsp3) is 0.524. The number of likely N-dealkylation sites (N-methyl/N-ethyl adjacent to an activating group) is 1. The summed E-state index contributed by atoms with van der Waals surface area (Å²) in [6.45, 7) is 2.30. The van der Waals surface area contributed by atoms with Gasteiger partial charge in [0, 0.05) is 44.5 Å². The highest BCUT2D eigenvalue weighted by Gasteiger charge is 2.21. The maximum absolute atomic E-state index is 9.86. The Morgan fingerprint density at radius 1 is 1.31 bits per heavy atom. The molecule has 1 aromatic heterocycles. The van der Waals surface area contributed by atoms with Crippen LogP contribution in [0.1, 0.15) is 12.8 Å². The number of aliphatic hydroxyl groups is 1. The molecule has 0 aliphatic carbocycles. The molecule has 3 rings (SSSR count). The van der Waals surface area contributed by atoms with E-state index in [9.17, 15) is 5.11 Å². The molecule has 1 aliphatic rings. The van der Waals surface area contributed by atoms with E-state index < -0.39 is 6.10 Å². The van der Waals surface area contributed by atoms with Crippen LogP contribution in [-0.4, -0.2) is 73.9 Å². The van der Waals surface area contributed by atoms with Crippen LogP contribution in [-0.2, 0) is 4.74 Å². The van der Waals surface area contributed by atoms with Gasteiger partial charge in [-0.15, -0.1) is 11.8 Å². The maximum atomic E-state index is 9.86. The van der Waals surface area contributed by atoms with Gasteiger partial charge in [0.2, 0.25) is 0 Å². The van der Waals surface area contributed by atoms with Crippen molar-refractivity contribution in [2.24, 2.45) is 0 Å². The summed E-state index contributed by atoms with van der Waals surface area (Å²) in [5.41, 5.74) is 0.892. The molecule has 2 heterocycles. The number of ether oxygens (including phenoxy) is 2. The lowest BCUT2D eigenvalue weighted by Crippen LogP contribution is -2.37. The summed E-state index contributed by atoms with van der Waals surface area (Å²) < 4.78 is 11.2. The smallest absolute Gasteiger partial charge is 0.162 e. The van der Waals surface area contributed by atoms with Crippen molar-refractivity contribution in [3.05, 3.63) is 30.3 Å². The predicted molar refractivity (Wildman–Crippen MR) is 117 cm³/mol. The predicted octanol–water partition coefficient (Wildman–Crippen LogP) is 2.44. The summed E-state index contributed by atoms with van der Waals surface area (Å²) in [6, 6.07) is 10.2. The minimum Gasteiger partial charge on any atom is -0.491 e. The quantitative estimate of drug-likeness (QED) is 0.475. The van der Waals surface area contributed by atoms with Gasteiger partial charge < -0.3 is 24.8 Å². The highest BCUT2D eigenvalue weighted by atomic mass is 32.2. The Balaban J connectivity index is 1.81. The number of hydrogen-bond donors (Lipinski definition) is 2. The average Bonchev–Trinajstić information content (AvgIpc) is 2.78. The molecular formula is C21H30N4O3S. The lowest BCUT2D eigenvalue weighted by molar-refractivity contribution is 0.0853. The number of hydrogen-bond acceptors (Lipinski definition) is 8. The van der Waals surface area contributed by atoms with Gasteiger partial charge in [-0.25, -0.2) is 9.97 Å². The second-order valence-electron chi connectivity index (χ2n) is 7.10. The fourth-order valence-corrected chi connectivity index (χ4v) is 3.70.